The van der Waals surface area contributed by atoms with Crippen LogP contribution in [0.5, 0.6) is 0 Å². The monoisotopic (exact) mass is 1500 g/mol. The van der Waals surface area contributed by atoms with E-state index in [2.05, 4.69) is 149 Å². The summed E-state index contributed by atoms with van der Waals surface area (Å²) in [4.78, 5) is 73.0. The first-order valence-electron chi connectivity index (χ1n) is 40.8. The molecule has 0 aromatic carbocycles. The molecule has 3 N–H and O–H groups in total. The normalized spacial score (nSPS) is 14.5. The molecule has 0 aliphatic rings. The van der Waals surface area contributed by atoms with Crippen LogP contribution >= 0.6 is 15.6 Å². The summed E-state index contributed by atoms with van der Waals surface area (Å²) in [7, 11) is -9.97. The summed E-state index contributed by atoms with van der Waals surface area (Å²) in [6, 6.07) is 0. The fraction of sp³-hybridized carbons (Fsp3) is 0.718. The van der Waals surface area contributed by atoms with Crippen molar-refractivity contribution in [1.29, 1.82) is 0 Å². The van der Waals surface area contributed by atoms with Gasteiger partial charge in [0.2, 0.25) is 0 Å². The van der Waals surface area contributed by atoms with Crippen molar-refractivity contribution in [1.82, 2.24) is 0 Å². The van der Waals surface area contributed by atoms with Crippen molar-refractivity contribution in [2.75, 3.05) is 39.6 Å². The maximum absolute atomic E-state index is 13.1. The van der Waals surface area contributed by atoms with E-state index in [0.29, 0.717) is 25.7 Å². The van der Waals surface area contributed by atoms with Gasteiger partial charge in [0.15, 0.2) is 12.2 Å². The summed E-state index contributed by atoms with van der Waals surface area (Å²) in [5.41, 5.74) is 0. The first-order chi connectivity index (χ1) is 50.7. The Morgan fingerprint density at radius 1 is 0.279 bits per heavy atom. The minimum Gasteiger partial charge on any atom is -0.462 e. The zero-order valence-corrected chi connectivity index (χ0v) is 67.2. The second-order valence-corrected chi connectivity index (χ2v) is 29.9. The quantitative estimate of drug-likeness (QED) is 0.0169. The SMILES string of the molecule is CC/C=C\C/C=C\C/C=C\C/C=C\CCCCC(=O)OCC(COP(=O)(O)OCC(O)COP(=O)(O)OCC(COC(=O)CCCCCCCC/C=C\C/C=C\C/C=C\CCCCC)OC(=O)CCCCCCCC/C=C\C/C=C\C/C=C\CCCCC)OC(=O)CCCCCCCCCCCCC. The number of aliphatic hydroxyl groups is 1. The summed E-state index contributed by atoms with van der Waals surface area (Å²) in [5.74, 6) is -2.24. The van der Waals surface area contributed by atoms with Gasteiger partial charge in [-0.25, -0.2) is 9.13 Å². The highest BCUT2D eigenvalue weighted by atomic mass is 31.2. The first kappa shape index (κ1) is 99.5. The van der Waals surface area contributed by atoms with E-state index in [1.165, 1.54) is 77.0 Å². The molecule has 0 spiro atoms. The topological polar surface area (TPSA) is 237 Å². The van der Waals surface area contributed by atoms with Gasteiger partial charge in [0.1, 0.15) is 19.3 Å². The van der Waals surface area contributed by atoms with Crippen LogP contribution < -0.4 is 0 Å². The second kappa shape index (κ2) is 76.6. The van der Waals surface area contributed by atoms with E-state index in [-0.39, 0.29) is 25.7 Å². The van der Waals surface area contributed by atoms with Gasteiger partial charge in [-0.05, 0) is 141 Å². The number of hydrogen-bond donors (Lipinski definition) is 3. The summed E-state index contributed by atoms with van der Waals surface area (Å²) in [6.07, 6.45) is 84.6. The van der Waals surface area contributed by atoms with E-state index in [9.17, 15) is 43.2 Å². The number of ether oxygens (including phenoxy) is 4. The van der Waals surface area contributed by atoms with E-state index in [0.717, 1.165) is 180 Å². The van der Waals surface area contributed by atoms with Gasteiger partial charge in [-0.1, -0.05) is 290 Å². The van der Waals surface area contributed by atoms with Crippen molar-refractivity contribution >= 4 is 39.5 Å². The number of carbonyl (C=O) groups excluding carboxylic acids is 4. The Balaban J connectivity index is 5.39. The van der Waals surface area contributed by atoms with Crippen molar-refractivity contribution < 1.29 is 80.2 Å². The Morgan fingerprint density at radius 2 is 0.500 bits per heavy atom. The van der Waals surface area contributed by atoms with E-state index in [1.807, 2.05) is 0 Å². The zero-order chi connectivity index (χ0) is 76.0. The molecular weight excluding hydrogens is 1350 g/mol. The third-order valence-corrected chi connectivity index (χ3v) is 18.8. The molecule has 0 heterocycles. The molecule has 0 aliphatic carbocycles. The number of phosphoric acid groups is 2. The molecule has 0 saturated carbocycles. The molecule has 598 valence electrons. The smallest absolute Gasteiger partial charge is 0.462 e. The van der Waals surface area contributed by atoms with Gasteiger partial charge >= 0.3 is 39.5 Å². The highest BCUT2D eigenvalue weighted by Gasteiger charge is 2.30. The van der Waals surface area contributed by atoms with Crippen LogP contribution in [0, 0.1) is 0 Å². The van der Waals surface area contributed by atoms with E-state index in [4.69, 9.17) is 37.0 Å². The molecule has 0 amide bonds. The molecule has 0 saturated heterocycles. The summed E-state index contributed by atoms with van der Waals surface area (Å²) in [5, 5.41) is 10.6. The lowest BCUT2D eigenvalue weighted by molar-refractivity contribution is -0.161. The van der Waals surface area contributed by atoms with Crippen molar-refractivity contribution in [3.63, 3.8) is 0 Å². The fourth-order valence-corrected chi connectivity index (χ4v) is 12.3. The number of allylic oxidation sites excluding steroid dienone is 20. The molecule has 0 aromatic rings. The highest BCUT2D eigenvalue weighted by molar-refractivity contribution is 7.47. The first-order valence-corrected chi connectivity index (χ1v) is 43.8. The van der Waals surface area contributed by atoms with Crippen LogP contribution in [0.4, 0.5) is 0 Å². The minimum absolute atomic E-state index is 0.0750. The van der Waals surface area contributed by atoms with Gasteiger partial charge in [0.25, 0.3) is 0 Å². The predicted molar refractivity (Wildman–Crippen MR) is 427 cm³/mol. The largest absolute Gasteiger partial charge is 0.472 e. The molecule has 5 unspecified atom stereocenters. The lowest BCUT2D eigenvalue weighted by Crippen LogP contribution is -2.30. The van der Waals surface area contributed by atoms with Crippen LogP contribution in [0.3, 0.4) is 0 Å². The van der Waals surface area contributed by atoms with Crippen molar-refractivity contribution in [3.05, 3.63) is 122 Å². The average Bonchev–Trinajstić information content (AvgIpc) is 0.928. The summed E-state index contributed by atoms with van der Waals surface area (Å²) in [6.45, 7) is 4.65. The van der Waals surface area contributed by atoms with Gasteiger partial charge in [0, 0.05) is 25.7 Å². The Kier molecular flexibility index (Phi) is 73.3. The van der Waals surface area contributed by atoms with Gasteiger partial charge in [-0.2, -0.15) is 0 Å². The Morgan fingerprint density at radius 3 is 0.808 bits per heavy atom. The molecule has 17 nitrogen and oxygen atoms in total. The summed E-state index contributed by atoms with van der Waals surface area (Å²) >= 11 is 0. The maximum Gasteiger partial charge on any atom is 0.472 e. The lowest BCUT2D eigenvalue weighted by atomic mass is 10.1. The molecule has 0 fully saturated rings. The van der Waals surface area contributed by atoms with E-state index in [1.54, 1.807) is 0 Å². The summed E-state index contributed by atoms with van der Waals surface area (Å²) < 4.78 is 68.6. The van der Waals surface area contributed by atoms with Crippen LogP contribution in [0.1, 0.15) is 336 Å². The number of hydrogen-bond acceptors (Lipinski definition) is 15. The zero-order valence-electron chi connectivity index (χ0n) is 65.4. The van der Waals surface area contributed by atoms with Crippen molar-refractivity contribution in [2.24, 2.45) is 0 Å². The average molecular weight is 1500 g/mol. The Labute approximate surface area is 632 Å². The second-order valence-electron chi connectivity index (χ2n) is 27.0. The molecule has 0 rings (SSSR count). The number of phosphoric ester groups is 2. The van der Waals surface area contributed by atoms with E-state index >= 15 is 0 Å². The predicted octanol–water partition coefficient (Wildman–Crippen LogP) is 23.9. The van der Waals surface area contributed by atoms with Crippen LogP contribution in [-0.2, 0) is 65.4 Å². The van der Waals surface area contributed by atoms with Gasteiger partial charge in [-0.3, -0.25) is 37.3 Å². The third-order valence-electron chi connectivity index (χ3n) is 16.9. The third kappa shape index (κ3) is 75.7. The van der Waals surface area contributed by atoms with Crippen LogP contribution in [0.15, 0.2) is 122 Å². The Hall–Kier alpha value is -4.54. The van der Waals surface area contributed by atoms with Crippen molar-refractivity contribution in [2.45, 2.75) is 354 Å². The number of rotatable bonds is 76. The molecule has 5 atom stereocenters. The molecule has 0 aliphatic heterocycles. The number of aliphatic hydroxyl groups excluding tert-OH is 1. The van der Waals surface area contributed by atoms with Gasteiger partial charge in [-0.15, -0.1) is 0 Å². The van der Waals surface area contributed by atoms with Crippen LogP contribution in [0.2, 0.25) is 0 Å². The Bertz CT molecular complexity index is 2440. The van der Waals surface area contributed by atoms with Gasteiger partial charge < -0.3 is 33.8 Å². The number of unbranched alkanes of at least 4 members (excludes halogenated alkanes) is 30. The number of carbonyl (C=O) groups is 4. The molecule has 0 radical (unpaired) electrons. The van der Waals surface area contributed by atoms with Crippen LogP contribution in [0.25, 0.3) is 0 Å². The van der Waals surface area contributed by atoms with Crippen LogP contribution in [-0.4, -0.2) is 96.7 Å². The molecule has 0 bridgehead atoms. The van der Waals surface area contributed by atoms with Gasteiger partial charge in [0.05, 0.1) is 26.4 Å². The maximum atomic E-state index is 13.1. The number of esters is 4. The van der Waals surface area contributed by atoms with Crippen molar-refractivity contribution in [3.8, 4) is 0 Å². The standard InChI is InChI=1S/C85H146O17P2/c1-5-9-13-17-21-25-29-32-35-37-39-41-44-47-51-54-58-62-66-70-83(88)96-76-81(102-85(90)72-68-64-60-56-52-48-45-42-40-38-36-33-30-26-22-18-14-10-6-2)78-100-104(93,94)98-74-79(86)73-97-103(91,92)99-77-80(101-84(89)71-67-63-59-55-49-28-24-20-16-12-8-4)75-95-82(87)69-65-61-57-53-50-46-43-34-31-27-23-19-15-11-7-3/h11,15,21-23,25-27,32-36,39-43,50,53,79-81,86H,5-10,12-14,16-20,24,28-31,37-38,44-49,51-52,54-78H2,1-4H3,(H,91,92)(H,93,94)/b15-11-,25-21-,26-22-,27-23-,35-32-,36-33-,41-39-,42-40-,43-34-,53-50-. The molecule has 104 heavy (non-hydrogen) atoms. The minimum atomic E-state index is -4.99. The molecule has 19 heteroatoms. The fourth-order valence-electron chi connectivity index (χ4n) is 10.7. The lowest BCUT2D eigenvalue weighted by Gasteiger charge is -2.21. The molecule has 0 aromatic heterocycles. The highest BCUT2D eigenvalue weighted by Crippen LogP contribution is 2.45. The molecular formula is C85H146O17P2. The van der Waals surface area contributed by atoms with E-state index < -0.39 is 97.5 Å².